The third kappa shape index (κ3) is 3.44. The Bertz CT molecular complexity index is 361. The highest BCUT2D eigenvalue weighted by Crippen LogP contribution is 2.23. The van der Waals surface area contributed by atoms with E-state index in [0.717, 1.165) is 23.8 Å². The predicted octanol–water partition coefficient (Wildman–Crippen LogP) is 3.35. The van der Waals surface area contributed by atoms with Gasteiger partial charge in [-0.2, -0.15) is 0 Å². The van der Waals surface area contributed by atoms with Crippen LogP contribution in [0.5, 0.6) is 0 Å². The molecule has 0 amide bonds. The average molecular weight is 212 g/mol. The van der Waals surface area contributed by atoms with Crippen molar-refractivity contribution in [1.29, 1.82) is 0 Å². The van der Waals surface area contributed by atoms with E-state index in [1.165, 1.54) is 0 Å². The van der Waals surface area contributed by atoms with Gasteiger partial charge in [-0.3, -0.25) is 0 Å². The van der Waals surface area contributed by atoms with E-state index < -0.39 is 17.7 Å². The van der Waals surface area contributed by atoms with Crippen LogP contribution in [0.15, 0.2) is 30.4 Å². The fourth-order valence-corrected chi connectivity index (χ4v) is 1.31. The maximum absolute atomic E-state index is 13.2. The van der Waals surface area contributed by atoms with Crippen molar-refractivity contribution in [2.45, 2.75) is 25.9 Å². The summed E-state index contributed by atoms with van der Waals surface area (Å²) in [4.78, 5) is 0. The van der Waals surface area contributed by atoms with Crippen LogP contribution in [0.4, 0.5) is 8.78 Å². The second-order valence-corrected chi connectivity index (χ2v) is 3.68. The van der Waals surface area contributed by atoms with Crippen LogP contribution in [0.25, 0.3) is 0 Å². The summed E-state index contributed by atoms with van der Waals surface area (Å²) in [5.74, 6) is -1.12. The monoisotopic (exact) mass is 212 g/mol. The first kappa shape index (κ1) is 11.9. The lowest BCUT2D eigenvalue weighted by Crippen LogP contribution is -2.01. The van der Waals surface area contributed by atoms with E-state index in [-0.39, 0.29) is 5.56 Å². The number of rotatable bonds is 4. The molecule has 1 aromatic rings. The molecule has 1 rings (SSSR count). The number of aliphatic hydroxyl groups is 1. The summed E-state index contributed by atoms with van der Waals surface area (Å²) in [7, 11) is 0. The molecule has 0 bridgehead atoms. The number of hydrogen-bond donors (Lipinski definition) is 1. The lowest BCUT2D eigenvalue weighted by atomic mass is 10.0. The van der Waals surface area contributed by atoms with Gasteiger partial charge in [0.1, 0.15) is 11.6 Å². The molecule has 3 heteroatoms. The highest BCUT2D eigenvalue weighted by Gasteiger charge is 2.13. The van der Waals surface area contributed by atoms with Gasteiger partial charge in [-0.15, -0.1) is 6.58 Å². The van der Waals surface area contributed by atoms with Gasteiger partial charge >= 0.3 is 0 Å². The van der Waals surface area contributed by atoms with Gasteiger partial charge in [-0.05, 0) is 38.0 Å². The normalized spacial score (nSPS) is 12.5. The number of hydrogen-bond acceptors (Lipinski definition) is 1. The molecule has 15 heavy (non-hydrogen) atoms. The molecule has 0 aliphatic heterocycles. The standard InChI is InChI=1S/C12H14F2O/c1-8(2)3-6-12(15)10-7-9(13)4-5-11(10)14/h4-5,7,12,15H,1,3,6H2,2H3. The summed E-state index contributed by atoms with van der Waals surface area (Å²) in [6, 6.07) is 3.08. The SMILES string of the molecule is C=C(C)CCC(O)c1cc(F)ccc1F. The van der Waals surface area contributed by atoms with Crippen LogP contribution in [-0.4, -0.2) is 5.11 Å². The van der Waals surface area contributed by atoms with Crippen molar-refractivity contribution in [2.24, 2.45) is 0 Å². The minimum atomic E-state index is -0.975. The summed E-state index contributed by atoms with van der Waals surface area (Å²) in [5, 5.41) is 9.63. The van der Waals surface area contributed by atoms with Gasteiger partial charge in [-0.25, -0.2) is 8.78 Å². The Morgan fingerprint density at radius 3 is 2.73 bits per heavy atom. The Morgan fingerprint density at radius 2 is 2.13 bits per heavy atom. The average Bonchev–Trinajstić information content (AvgIpc) is 2.18. The van der Waals surface area contributed by atoms with E-state index in [2.05, 4.69) is 6.58 Å². The predicted molar refractivity (Wildman–Crippen MR) is 55.4 cm³/mol. The Kier molecular flexibility index (Phi) is 3.97. The zero-order valence-electron chi connectivity index (χ0n) is 8.63. The van der Waals surface area contributed by atoms with Crippen LogP contribution >= 0.6 is 0 Å². The van der Waals surface area contributed by atoms with E-state index >= 15 is 0 Å². The lowest BCUT2D eigenvalue weighted by molar-refractivity contribution is 0.162. The molecular weight excluding hydrogens is 198 g/mol. The molecule has 0 aliphatic carbocycles. The third-order valence-electron chi connectivity index (χ3n) is 2.16. The molecule has 0 saturated heterocycles. The number of allylic oxidation sites excluding steroid dienone is 1. The Balaban J connectivity index is 2.76. The molecule has 1 atom stereocenters. The first-order chi connectivity index (χ1) is 7.00. The van der Waals surface area contributed by atoms with Crippen LogP contribution < -0.4 is 0 Å². The zero-order valence-corrected chi connectivity index (χ0v) is 8.63. The van der Waals surface area contributed by atoms with Crippen molar-refractivity contribution in [3.8, 4) is 0 Å². The van der Waals surface area contributed by atoms with E-state index in [4.69, 9.17) is 0 Å². The molecule has 1 nitrogen and oxygen atoms in total. The van der Waals surface area contributed by atoms with Crippen LogP contribution in [0.3, 0.4) is 0 Å². The molecule has 0 radical (unpaired) electrons. The van der Waals surface area contributed by atoms with Crippen LogP contribution in [0.1, 0.15) is 31.4 Å². The first-order valence-corrected chi connectivity index (χ1v) is 4.78. The Hall–Kier alpha value is -1.22. The van der Waals surface area contributed by atoms with Crippen LogP contribution in [0.2, 0.25) is 0 Å². The smallest absolute Gasteiger partial charge is 0.129 e. The molecule has 0 aromatic heterocycles. The molecule has 82 valence electrons. The van der Waals surface area contributed by atoms with Crippen molar-refractivity contribution in [2.75, 3.05) is 0 Å². The van der Waals surface area contributed by atoms with Crippen molar-refractivity contribution in [1.82, 2.24) is 0 Å². The van der Waals surface area contributed by atoms with Gasteiger partial charge in [0, 0.05) is 5.56 Å². The Morgan fingerprint density at radius 1 is 1.47 bits per heavy atom. The van der Waals surface area contributed by atoms with Crippen molar-refractivity contribution in [3.05, 3.63) is 47.5 Å². The molecule has 0 aliphatic rings. The van der Waals surface area contributed by atoms with Crippen molar-refractivity contribution >= 4 is 0 Å². The molecule has 0 heterocycles. The summed E-state index contributed by atoms with van der Waals surface area (Å²) in [6.07, 6.45) is -0.0234. The largest absolute Gasteiger partial charge is 0.388 e. The molecule has 1 N–H and O–H groups in total. The summed E-state index contributed by atoms with van der Waals surface area (Å²) in [5.41, 5.74) is 0.919. The van der Waals surface area contributed by atoms with Gasteiger partial charge in [0.2, 0.25) is 0 Å². The minimum absolute atomic E-state index is 0.0104. The fraction of sp³-hybridized carbons (Fsp3) is 0.333. The number of halogens is 2. The summed E-state index contributed by atoms with van der Waals surface area (Å²) >= 11 is 0. The molecule has 0 saturated carbocycles. The van der Waals surface area contributed by atoms with Crippen molar-refractivity contribution < 1.29 is 13.9 Å². The van der Waals surface area contributed by atoms with E-state index in [1.54, 1.807) is 0 Å². The maximum atomic E-state index is 13.2. The zero-order chi connectivity index (χ0) is 11.4. The molecule has 1 unspecified atom stereocenters. The molecule has 0 fully saturated rings. The summed E-state index contributed by atoms with van der Waals surface area (Å²) in [6.45, 7) is 5.51. The Labute approximate surface area is 88.1 Å². The first-order valence-electron chi connectivity index (χ1n) is 4.78. The van der Waals surface area contributed by atoms with Crippen LogP contribution in [0, 0.1) is 11.6 Å². The van der Waals surface area contributed by atoms with Gasteiger partial charge in [-0.1, -0.05) is 5.57 Å². The van der Waals surface area contributed by atoms with E-state index in [1.807, 2.05) is 6.92 Å². The van der Waals surface area contributed by atoms with E-state index in [0.29, 0.717) is 12.8 Å². The van der Waals surface area contributed by atoms with Crippen molar-refractivity contribution in [3.63, 3.8) is 0 Å². The van der Waals surface area contributed by atoms with Gasteiger partial charge in [0.15, 0.2) is 0 Å². The van der Waals surface area contributed by atoms with Gasteiger partial charge in [0.05, 0.1) is 6.10 Å². The molecular formula is C12H14F2O. The van der Waals surface area contributed by atoms with Crippen LogP contribution in [-0.2, 0) is 0 Å². The second-order valence-electron chi connectivity index (χ2n) is 3.68. The maximum Gasteiger partial charge on any atom is 0.129 e. The number of aliphatic hydroxyl groups excluding tert-OH is 1. The lowest BCUT2D eigenvalue weighted by Gasteiger charge is -2.11. The van der Waals surface area contributed by atoms with Gasteiger partial charge < -0.3 is 5.11 Å². The summed E-state index contributed by atoms with van der Waals surface area (Å²) < 4.78 is 26.0. The molecule has 1 aromatic carbocycles. The third-order valence-corrected chi connectivity index (χ3v) is 2.16. The minimum Gasteiger partial charge on any atom is -0.388 e. The number of benzene rings is 1. The second kappa shape index (κ2) is 5.03. The highest BCUT2D eigenvalue weighted by molar-refractivity contribution is 5.21. The highest BCUT2D eigenvalue weighted by atomic mass is 19.1. The van der Waals surface area contributed by atoms with Gasteiger partial charge in [0.25, 0.3) is 0 Å². The molecule has 0 spiro atoms. The van der Waals surface area contributed by atoms with E-state index in [9.17, 15) is 13.9 Å². The fourth-order valence-electron chi connectivity index (χ4n) is 1.31. The quantitative estimate of drug-likeness (QED) is 0.759. The topological polar surface area (TPSA) is 20.2 Å².